The second-order valence-electron chi connectivity index (χ2n) is 3.22. The number of phosphoric ester groups is 1. The number of phenolic OH excluding ortho intramolecular Hbond substituents is 1. The molecule has 0 aromatic heterocycles. The Bertz CT molecular complexity index is 574. The summed E-state index contributed by atoms with van der Waals surface area (Å²) in [6.07, 6.45) is 0. The molecule has 0 bridgehead atoms. The highest BCUT2D eigenvalue weighted by atomic mass is 31.2. The van der Waals surface area contributed by atoms with Crippen LogP contribution in [0.5, 0.6) is 11.5 Å². The van der Waals surface area contributed by atoms with Crippen LogP contribution in [0.15, 0.2) is 36.4 Å². The molecule has 0 heterocycles. The van der Waals surface area contributed by atoms with Crippen LogP contribution in [0.1, 0.15) is 0 Å². The monoisotopic (exact) mass is 240 g/mol. The van der Waals surface area contributed by atoms with Gasteiger partial charge >= 0.3 is 7.82 Å². The predicted molar refractivity (Wildman–Crippen MR) is 58.3 cm³/mol. The van der Waals surface area contributed by atoms with Gasteiger partial charge in [-0.25, -0.2) is 4.57 Å². The van der Waals surface area contributed by atoms with E-state index in [-0.39, 0.29) is 11.5 Å². The maximum Gasteiger partial charge on any atom is 0.524 e. The average Bonchev–Trinajstić information content (AvgIpc) is 2.21. The van der Waals surface area contributed by atoms with Crippen LogP contribution in [0.2, 0.25) is 0 Å². The molecule has 0 atom stereocenters. The first kappa shape index (κ1) is 11.0. The van der Waals surface area contributed by atoms with Crippen molar-refractivity contribution in [2.24, 2.45) is 0 Å². The van der Waals surface area contributed by atoms with Crippen molar-refractivity contribution in [3.8, 4) is 11.5 Å². The second-order valence-corrected chi connectivity index (χ2v) is 4.38. The van der Waals surface area contributed by atoms with Gasteiger partial charge in [0.1, 0.15) is 0 Å². The fourth-order valence-corrected chi connectivity index (χ4v) is 1.84. The van der Waals surface area contributed by atoms with Gasteiger partial charge in [0.05, 0.1) is 0 Å². The molecule has 0 spiro atoms. The van der Waals surface area contributed by atoms with E-state index >= 15 is 0 Å². The van der Waals surface area contributed by atoms with E-state index in [9.17, 15) is 9.67 Å². The summed E-state index contributed by atoms with van der Waals surface area (Å²) in [5.41, 5.74) is 0. The number of phosphoric acid groups is 1. The third-order valence-electron chi connectivity index (χ3n) is 2.08. The Labute approximate surface area is 91.2 Å². The Hall–Kier alpha value is -1.55. The number of hydrogen-bond donors (Lipinski definition) is 3. The molecule has 2 aromatic rings. The fourth-order valence-electron chi connectivity index (χ4n) is 1.44. The van der Waals surface area contributed by atoms with Gasteiger partial charge in [0, 0.05) is 5.39 Å². The fraction of sp³-hybridized carbons (Fsp3) is 0. The molecule has 84 valence electrons. The molecule has 0 aliphatic rings. The third kappa shape index (κ3) is 2.17. The molecule has 0 radical (unpaired) electrons. The van der Waals surface area contributed by atoms with Crippen LogP contribution >= 0.6 is 7.82 Å². The Balaban J connectivity index is 2.57. The van der Waals surface area contributed by atoms with E-state index in [4.69, 9.17) is 9.79 Å². The second kappa shape index (κ2) is 3.79. The number of hydrogen-bond acceptors (Lipinski definition) is 3. The number of phenols is 1. The molecule has 16 heavy (non-hydrogen) atoms. The van der Waals surface area contributed by atoms with E-state index in [1.807, 2.05) is 0 Å². The number of aromatic hydroxyl groups is 1. The van der Waals surface area contributed by atoms with Gasteiger partial charge in [-0.3, -0.25) is 9.79 Å². The standard InChI is InChI=1S/C10H9O5P/c11-10-8-4-2-1-3-7(8)5-6-9(10)15-16(12,13)14/h1-6,11H,(H2,12,13,14). The van der Waals surface area contributed by atoms with Crippen molar-refractivity contribution >= 4 is 18.6 Å². The molecule has 2 rings (SSSR count). The Kier molecular flexibility index (Phi) is 2.59. The average molecular weight is 240 g/mol. The quantitative estimate of drug-likeness (QED) is 0.699. The lowest BCUT2D eigenvalue weighted by molar-refractivity contribution is 0.278. The first-order valence-electron chi connectivity index (χ1n) is 4.43. The molecule has 0 unspecified atom stereocenters. The molecule has 0 fully saturated rings. The van der Waals surface area contributed by atoms with E-state index in [0.717, 1.165) is 5.39 Å². The molecule has 0 saturated carbocycles. The normalized spacial score (nSPS) is 11.6. The lowest BCUT2D eigenvalue weighted by Crippen LogP contribution is -1.90. The summed E-state index contributed by atoms with van der Waals surface area (Å²) in [5.74, 6) is -0.506. The first-order chi connectivity index (χ1) is 7.47. The molecule has 0 aliphatic carbocycles. The van der Waals surface area contributed by atoms with Crippen LogP contribution in [0.4, 0.5) is 0 Å². The van der Waals surface area contributed by atoms with Crippen molar-refractivity contribution in [2.75, 3.05) is 0 Å². The minimum Gasteiger partial charge on any atom is -0.504 e. The summed E-state index contributed by atoms with van der Waals surface area (Å²) in [6.45, 7) is 0. The zero-order valence-corrected chi connectivity index (χ0v) is 8.96. The first-order valence-corrected chi connectivity index (χ1v) is 5.96. The van der Waals surface area contributed by atoms with Crippen molar-refractivity contribution in [1.82, 2.24) is 0 Å². The van der Waals surface area contributed by atoms with E-state index in [0.29, 0.717) is 5.39 Å². The summed E-state index contributed by atoms with van der Waals surface area (Å²) in [7, 11) is -4.65. The zero-order chi connectivity index (χ0) is 11.8. The van der Waals surface area contributed by atoms with Gasteiger partial charge in [-0.2, -0.15) is 0 Å². The van der Waals surface area contributed by atoms with Crippen molar-refractivity contribution in [1.29, 1.82) is 0 Å². The van der Waals surface area contributed by atoms with Crippen LogP contribution in [0.3, 0.4) is 0 Å². The summed E-state index contributed by atoms with van der Waals surface area (Å²) in [4.78, 5) is 17.3. The SMILES string of the molecule is O=P(O)(O)Oc1ccc2ccccc2c1O. The lowest BCUT2D eigenvalue weighted by atomic mass is 10.1. The van der Waals surface area contributed by atoms with Crippen molar-refractivity contribution in [3.63, 3.8) is 0 Å². The lowest BCUT2D eigenvalue weighted by Gasteiger charge is -2.10. The molecule has 5 nitrogen and oxygen atoms in total. The van der Waals surface area contributed by atoms with Crippen LogP contribution in [-0.4, -0.2) is 14.9 Å². The van der Waals surface area contributed by atoms with Crippen LogP contribution in [0.25, 0.3) is 10.8 Å². The van der Waals surface area contributed by atoms with Gasteiger partial charge in [-0.1, -0.05) is 30.3 Å². The van der Waals surface area contributed by atoms with E-state index in [2.05, 4.69) is 4.52 Å². The molecule has 3 N–H and O–H groups in total. The van der Waals surface area contributed by atoms with Crippen molar-refractivity contribution in [2.45, 2.75) is 0 Å². The van der Waals surface area contributed by atoms with Crippen molar-refractivity contribution in [3.05, 3.63) is 36.4 Å². The van der Waals surface area contributed by atoms with E-state index in [1.165, 1.54) is 6.07 Å². The summed E-state index contributed by atoms with van der Waals surface area (Å²) in [5, 5.41) is 11.0. The number of fused-ring (bicyclic) bond motifs is 1. The largest absolute Gasteiger partial charge is 0.524 e. The maximum absolute atomic E-state index is 10.7. The highest BCUT2D eigenvalue weighted by molar-refractivity contribution is 7.46. The van der Waals surface area contributed by atoms with E-state index in [1.54, 1.807) is 30.3 Å². The van der Waals surface area contributed by atoms with Gasteiger partial charge in [0.25, 0.3) is 0 Å². The maximum atomic E-state index is 10.7. The molecular weight excluding hydrogens is 231 g/mol. The highest BCUT2D eigenvalue weighted by Crippen LogP contribution is 2.43. The Morgan fingerprint density at radius 3 is 2.44 bits per heavy atom. The predicted octanol–water partition coefficient (Wildman–Crippen LogP) is 2.02. The van der Waals surface area contributed by atoms with Crippen LogP contribution < -0.4 is 4.52 Å². The molecule has 0 saturated heterocycles. The minimum absolute atomic E-state index is 0.230. The van der Waals surface area contributed by atoms with E-state index < -0.39 is 7.82 Å². The number of rotatable bonds is 2. The van der Waals surface area contributed by atoms with Gasteiger partial charge in [0.15, 0.2) is 11.5 Å². The molecule has 0 amide bonds. The van der Waals surface area contributed by atoms with Crippen LogP contribution in [-0.2, 0) is 4.57 Å². The van der Waals surface area contributed by atoms with Gasteiger partial charge in [-0.05, 0) is 11.5 Å². The van der Waals surface area contributed by atoms with Gasteiger partial charge in [0.2, 0.25) is 0 Å². The molecular formula is C10H9O5P. The number of benzene rings is 2. The summed E-state index contributed by atoms with van der Waals surface area (Å²) < 4.78 is 15.0. The van der Waals surface area contributed by atoms with Gasteiger partial charge < -0.3 is 9.63 Å². The third-order valence-corrected chi connectivity index (χ3v) is 2.52. The minimum atomic E-state index is -4.65. The Morgan fingerprint density at radius 1 is 1.06 bits per heavy atom. The zero-order valence-electron chi connectivity index (χ0n) is 8.07. The summed E-state index contributed by atoms with van der Waals surface area (Å²) >= 11 is 0. The summed E-state index contributed by atoms with van der Waals surface area (Å²) in [6, 6.07) is 9.85. The highest BCUT2D eigenvalue weighted by Gasteiger charge is 2.19. The Morgan fingerprint density at radius 2 is 1.75 bits per heavy atom. The molecule has 6 heteroatoms. The molecule has 0 aliphatic heterocycles. The van der Waals surface area contributed by atoms with Crippen molar-refractivity contribution < 1.29 is 24.0 Å². The van der Waals surface area contributed by atoms with Gasteiger partial charge in [-0.15, -0.1) is 0 Å². The topological polar surface area (TPSA) is 87.0 Å². The smallest absolute Gasteiger partial charge is 0.504 e. The molecule has 2 aromatic carbocycles. The van der Waals surface area contributed by atoms with Crippen LogP contribution in [0, 0.1) is 0 Å².